The highest BCUT2D eigenvalue weighted by atomic mass is 79.9. The van der Waals surface area contributed by atoms with Crippen molar-refractivity contribution in [3.8, 4) is 11.8 Å². The molecule has 1 aromatic carbocycles. The van der Waals surface area contributed by atoms with Crippen LogP contribution in [0.25, 0.3) is 0 Å². The van der Waals surface area contributed by atoms with Crippen LogP contribution in [0.5, 0.6) is 11.8 Å². The van der Waals surface area contributed by atoms with Crippen molar-refractivity contribution in [1.29, 1.82) is 0 Å². The van der Waals surface area contributed by atoms with E-state index in [4.69, 9.17) is 20.8 Å². The number of benzene rings is 1. The van der Waals surface area contributed by atoms with Gasteiger partial charge in [-0.2, -0.15) is 4.98 Å². The second kappa shape index (κ2) is 4.02. The van der Waals surface area contributed by atoms with Crippen molar-refractivity contribution in [2.75, 3.05) is 0 Å². The zero-order valence-corrected chi connectivity index (χ0v) is 9.25. The fourth-order valence-corrected chi connectivity index (χ4v) is 1.32. The summed E-state index contributed by atoms with van der Waals surface area (Å²) in [7, 11) is 0. The average Bonchev–Trinajstić information content (AvgIpc) is 2.56. The Morgan fingerprint density at radius 1 is 1.36 bits per heavy atom. The summed E-state index contributed by atoms with van der Waals surface area (Å²) in [4.78, 5) is 3.92. The van der Waals surface area contributed by atoms with Crippen LogP contribution in [0.3, 0.4) is 0 Å². The number of halogens is 2. The van der Waals surface area contributed by atoms with Crippen LogP contribution in [-0.4, -0.2) is 4.98 Å². The molecule has 14 heavy (non-hydrogen) atoms. The number of para-hydroxylation sites is 1. The molecule has 72 valence electrons. The lowest BCUT2D eigenvalue weighted by Crippen LogP contribution is -1.84. The molecule has 1 heterocycles. The van der Waals surface area contributed by atoms with E-state index < -0.39 is 0 Å². The molecule has 2 aromatic rings. The molecule has 0 aliphatic heterocycles. The van der Waals surface area contributed by atoms with Gasteiger partial charge in [0.25, 0.3) is 0 Å². The third kappa shape index (κ3) is 2.08. The average molecular weight is 275 g/mol. The Morgan fingerprint density at radius 2 is 2.14 bits per heavy atom. The van der Waals surface area contributed by atoms with Crippen LogP contribution in [-0.2, 0) is 0 Å². The lowest BCUT2D eigenvalue weighted by Gasteiger charge is -2.01. The van der Waals surface area contributed by atoms with Gasteiger partial charge in [0.1, 0.15) is 10.9 Å². The molecule has 0 unspecified atom stereocenters. The third-order valence-electron chi connectivity index (χ3n) is 1.49. The third-order valence-corrected chi connectivity index (χ3v) is 2.17. The molecule has 0 atom stereocenters. The summed E-state index contributed by atoms with van der Waals surface area (Å²) < 4.78 is 10.9. The highest BCUT2D eigenvalue weighted by Gasteiger charge is 2.06. The maximum Gasteiger partial charge on any atom is 0.400 e. The smallest absolute Gasteiger partial charge is 0.400 e. The Morgan fingerprint density at radius 3 is 2.79 bits per heavy atom. The van der Waals surface area contributed by atoms with Crippen LogP contribution < -0.4 is 4.74 Å². The molecule has 1 aromatic heterocycles. The number of nitrogens with zero attached hydrogens (tertiary/aromatic N) is 1. The summed E-state index contributed by atoms with van der Waals surface area (Å²) in [5.41, 5.74) is 0. The summed E-state index contributed by atoms with van der Waals surface area (Å²) in [5.74, 6) is 0.517. The molecule has 0 N–H and O–H groups in total. The van der Waals surface area contributed by atoms with Crippen molar-refractivity contribution in [3.05, 3.63) is 40.2 Å². The monoisotopic (exact) mass is 273 g/mol. The lowest BCUT2D eigenvalue weighted by molar-refractivity contribution is 0.331. The standard InChI is InChI=1S/C9H5BrClNO2/c10-8-5-13-9(12-8)14-7-4-2-1-3-6(7)11/h1-5H. The van der Waals surface area contributed by atoms with Gasteiger partial charge in [-0.05, 0) is 28.1 Å². The molecule has 3 nitrogen and oxygen atoms in total. The van der Waals surface area contributed by atoms with E-state index in [1.54, 1.807) is 12.1 Å². The molecule has 0 saturated heterocycles. The van der Waals surface area contributed by atoms with Gasteiger partial charge >= 0.3 is 6.08 Å². The van der Waals surface area contributed by atoms with Gasteiger partial charge < -0.3 is 9.15 Å². The van der Waals surface area contributed by atoms with Crippen LogP contribution in [0.2, 0.25) is 5.02 Å². The Bertz CT molecular complexity index is 444. The number of ether oxygens (including phenoxy) is 1. The van der Waals surface area contributed by atoms with Crippen LogP contribution >= 0.6 is 27.5 Å². The van der Waals surface area contributed by atoms with Gasteiger partial charge in [-0.1, -0.05) is 23.7 Å². The first-order valence-electron chi connectivity index (χ1n) is 3.79. The maximum atomic E-state index is 5.87. The summed E-state index contributed by atoms with van der Waals surface area (Å²) in [6, 6.07) is 7.11. The topological polar surface area (TPSA) is 35.3 Å². The van der Waals surface area contributed by atoms with Crippen molar-refractivity contribution in [2.45, 2.75) is 0 Å². The summed E-state index contributed by atoms with van der Waals surface area (Å²) in [6.45, 7) is 0. The first kappa shape index (κ1) is 9.55. The molecular formula is C9H5BrClNO2. The normalized spacial score (nSPS) is 10.1. The summed E-state index contributed by atoms with van der Waals surface area (Å²) in [5, 5.41) is 0.516. The number of hydrogen-bond donors (Lipinski definition) is 0. The molecular weight excluding hydrogens is 269 g/mol. The van der Waals surface area contributed by atoms with Gasteiger partial charge in [-0.25, -0.2) is 0 Å². The van der Waals surface area contributed by atoms with Gasteiger partial charge in [0.05, 0.1) is 5.02 Å². The molecule has 0 saturated carbocycles. The minimum atomic E-state index is 0.157. The van der Waals surface area contributed by atoms with Gasteiger partial charge in [0.2, 0.25) is 0 Å². The van der Waals surface area contributed by atoms with Crippen LogP contribution in [0, 0.1) is 0 Å². The Kier molecular flexibility index (Phi) is 2.74. The van der Waals surface area contributed by atoms with Crippen LogP contribution in [0.15, 0.2) is 39.5 Å². The first-order valence-corrected chi connectivity index (χ1v) is 4.96. The van der Waals surface area contributed by atoms with E-state index in [2.05, 4.69) is 20.9 Å². The Hall–Kier alpha value is -1.00. The fourth-order valence-electron chi connectivity index (χ4n) is 0.907. The molecule has 0 amide bonds. The van der Waals surface area contributed by atoms with E-state index in [0.717, 1.165) is 0 Å². The number of hydrogen-bond acceptors (Lipinski definition) is 3. The molecule has 0 aliphatic rings. The van der Waals surface area contributed by atoms with E-state index >= 15 is 0 Å². The van der Waals surface area contributed by atoms with Crippen molar-refractivity contribution < 1.29 is 9.15 Å². The van der Waals surface area contributed by atoms with Gasteiger partial charge in [0, 0.05) is 0 Å². The second-order valence-electron chi connectivity index (χ2n) is 2.47. The van der Waals surface area contributed by atoms with E-state index in [0.29, 0.717) is 15.4 Å². The van der Waals surface area contributed by atoms with E-state index in [-0.39, 0.29) is 6.08 Å². The Labute approximate surface area is 93.8 Å². The zero-order valence-electron chi connectivity index (χ0n) is 6.91. The molecule has 0 fully saturated rings. The molecule has 0 bridgehead atoms. The quantitative estimate of drug-likeness (QED) is 0.833. The van der Waals surface area contributed by atoms with E-state index in [1.807, 2.05) is 12.1 Å². The molecule has 0 spiro atoms. The molecule has 0 radical (unpaired) electrons. The van der Waals surface area contributed by atoms with Gasteiger partial charge in [-0.3, -0.25) is 0 Å². The fraction of sp³-hybridized carbons (Fsp3) is 0. The minimum absolute atomic E-state index is 0.157. The SMILES string of the molecule is Clc1ccccc1Oc1nc(Br)co1. The zero-order chi connectivity index (χ0) is 9.97. The summed E-state index contributed by atoms with van der Waals surface area (Å²) >= 11 is 9.02. The van der Waals surface area contributed by atoms with E-state index in [1.165, 1.54) is 6.26 Å². The van der Waals surface area contributed by atoms with Gasteiger partial charge in [0.15, 0.2) is 5.75 Å². The lowest BCUT2D eigenvalue weighted by atomic mass is 10.3. The first-order chi connectivity index (χ1) is 6.75. The molecule has 0 aliphatic carbocycles. The molecule has 5 heteroatoms. The highest BCUT2D eigenvalue weighted by Crippen LogP contribution is 2.28. The predicted octanol–water partition coefficient (Wildman–Crippen LogP) is 3.88. The number of oxazole rings is 1. The Balaban J connectivity index is 2.23. The van der Waals surface area contributed by atoms with Gasteiger partial charge in [-0.15, -0.1) is 0 Å². The van der Waals surface area contributed by atoms with E-state index in [9.17, 15) is 0 Å². The number of aromatic nitrogens is 1. The van der Waals surface area contributed by atoms with Crippen LogP contribution in [0.1, 0.15) is 0 Å². The summed E-state index contributed by atoms with van der Waals surface area (Å²) in [6.07, 6.45) is 1.59. The molecule has 2 rings (SSSR count). The van der Waals surface area contributed by atoms with Crippen molar-refractivity contribution >= 4 is 27.5 Å². The largest absolute Gasteiger partial charge is 0.416 e. The van der Waals surface area contributed by atoms with Crippen molar-refractivity contribution in [2.24, 2.45) is 0 Å². The van der Waals surface area contributed by atoms with Crippen molar-refractivity contribution in [1.82, 2.24) is 4.98 Å². The predicted molar refractivity (Wildman–Crippen MR) is 55.7 cm³/mol. The maximum absolute atomic E-state index is 5.87. The van der Waals surface area contributed by atoms with Crippen molar-refractivity contribution in [3.63, 3.8) is 0 Å². The van der Waals surface area contributed by atoms with Crippen LogP contribution in [0.4, 0.5) is 0 Å². The number of rotatable bonds is 2. The minimum Gasteiger partial charge on any atom is -0.416 e. The highest BCUT2D eigenvalue weighted by molar-refractivity contribution is 9.10. The second-order valence-corrected chi connectivity index (χ2v) is 3.69.